The van der Waals surface area contributed by atoms with E-state index in [0.29, 0.717) is 0 Å². The van der Waals surface area contributed by atoms with Crippen LogP contribution in [0.3, 0.4) is 0 Å². The summed E-state index contributed by atoms with van der Waals surface area (Å²) in [5.41, 5.74) is 1.09. The Labute approximate surface area is 86.9 Å². The Morgan fingerprint density at radius 3 is 1.80 bits per heavy atom. The maximum absolute atomic E-state index is 12.1. The molecule has 0 saturated carbocycles. The number of hydrogen-bond acceptors (Lipinski definition) is 3. The van der Waals surface area contributed by atoms with E-state index in [9.17, 15) is 14.0 Å². The molecule has 1 aromatic carbocycles. The van der Waals surface area contributed by atoms with E-state index in [0.717, 1.165) is 5.56 Å². The molecule has 0 bridgehead atoms. The fourth-order valence-electron chi connectivity index (χ4n) is 0.966. The number of halogens is 1. The van der Waals surface area contributed by atoms with Gasteiger partial charge in [-0.2, -0.15) is 0 Å². The molecule has 1 heterocycles. The third kappa shape index (κ3) is 4.35. The summed E-state index contributed by atoms with van der Waals surface area (Å²) in [5, 5.41) is 0. The molecule has 4 heteroatoms. The first kappa shape index (κ1) is 11.4. The van der Waals surface area contributed by atoms with Crippen molar-refractivity contribution in [2.45, 2.75) is 19.8 Å². The van der Waals surface area contributed by atoms with Crippen molar-refractivity contribution >= 4 is 11.9 Å². The van der Waals surface area contributed by atoms with Gasteiger partial charge in [-0.25, -0.2) is 4.39 Å². The van der Waals surface area contributed by atoms with Crippen LogP contribution in [0.15, 0.2) is 24.3 Å². The molecule has 1 saturated heterocycles. The van der Waals surface area contributed by atoms with Crippen molar-refractivity contribution in [1.29, 1.82) is 0 Å². The van der Waals surface area contributed by atoms with Crippen molar-refractivity contribution in [2.24, 2.45) is 0 Å². The van der Waals surface area contributed by atoms with Gasteiger partial charge in [0.2, 0.25) is 0 Å². The van der Waals surface area contributed by atoms with Crippen molar-refractivity contribution < 1.29 is 18.7 Å². The number of carbonyl (C=O) groups excluding carboxylic acids is 2. The monoisotopic (exact) mass is 210 g/mol. The number of esters is 2. The van der Waals surface area contributed by atoms with Crippen LogP contribution in [0.1, 0.15) is 18.4 Å². The van der Waals surface area contributed by atoms with Crippen molar-refractivity contribution in [3.05, 3.63) is 35.6 Å². The number of ether oxygens (including phenoxy) is 1. The van der Waals surface area contributed by atoms with Gasteiger partial charge in [-0.15, -0.1) is 0 Å². The van der Waals surface area contributed by atoms with Crippen LogP contribution in [-0.4, -0.2) is 11.9 Å². The third-order valence-corrected chi connectivity index (χ3v) is 1.77. The minimum Gasteiger partial charge on any atom is -0.393 e. The Kier molecular flexibility index (Phi) is 3.97. The van der Waals surface area contributed by atoms with Gasteiger partial charge in [-0.05, 0) is 19.1 Å². The summed E-state index contributed by atoms with van der Waals surface area (Å²) in [4.78, 5) is 20.0. The smallest absolute Gasteiger partial charge is 0.314 e. The van der Waals surface area contributed by atoms with Crippen molar-refractivity contribution in [3.63, 3.8) is 0 Å². The van der Waals surface area contributed by atoms with E-state index in [1.54, 1.807) is 12.1 Å². The van der Waals surface area contributed by atoms with Crippen LogP contribution in [0.25, 0.3) is 0 Å². The summed E-state index contributed by atoms with van der Waals surface area (Å²) in [5.74, 6) is -0.967. The molecule has 0 radical (unpaired) electrons. The van der Waals surface area contributed by atoms with E-state index in [1.165, 1.54) is 12.1 Å². The molecule has 0 aliphatic carbocycles. The lowest BCUT2D eigenvalue weighted by atomic mass is 10.2. The summed E-state index contributed by atoms with van der Waals surface area (Å²) in [7, 11) is 0. The first-order chi connectivity index (χ1) is 7.08. The van der Waals surface area contributed by atoms with E-state index >= 15 is 0 Å². The SMILES string of the molecule is Cc1ccc(F)cc1.O=C1CCC(=O)O1. The average Bonchev–Trinajstić information content (AvgIpc) is 2.56. The second kappa shape index (κ2) is 5.24. The molecule has 1 fully saturated rings. The number of carbonyl (C=O) groups is 2. The highest BCUT2D eigenvalue weighted by Crippen LogP contribution is 2.03. The fraction of sp³-hybridized carbons (Fsp3) is 0.273. The molecule has 3 nitrogen and oxygen atoms in total. The lowest BCUT2D eigenvalue weighted by molar-refractivity contribution is -0.151. The third-order valence-electron chi connectivity index (χ3n) is 1.77. The van der Waals surface area contributed by atoms with E-state index < -0.39 is 11.9 Å². The lowest BCUT2D eigenvalue weighted by Gasteiger charge is -1.87. The van der Waals surface area contributed by atoms with Gasteiger partial charge in [-0.3, -0.25) is 9.59 Å². The van der Waals surface area contributed by atoms with Gasteiger partial charge >= 0.3 is 11.9 Å². The topological polar surface area (TPSA) is 43.4 Å². The van der Waals surface area contributed by atoms with Gasteiger partial charge in [0.15, 0.2) is 0 Å². The lowest BCUT2D eigenvalue weighted by Crippen LogP contribution is -1.94. The molecule has 0 spiro atoms. The highest BCUT2D eigenvalue weighted by molar-refractivity contribution is 5.92. The van der Waals surface area contributed by atoms with Gasteiger partial charge in [0.05, 0.1) is 12.8 Å². The Morgan fingerprint density at radius 1 is 1.07 bits per heavy atom. The summed E-state index contributed by atoms with van der Waals surface area (Å²) in [6.45, 7) is 1.93. The van der Waals surface area contributed by atoms with Crippen molar-refractivity contribution in [2.75, 3.05) is 0 Å². The van der Waals surface area contributed by atoms with Crippen LogP contribution in [0.4, 0.5) is 4.39 Å². The van der Waals surface area contributed by atoms with Crippen molar-refractivity contribution in [3.8, 4) is 0 Å². The summed E-state index contributed by atoms with van der Waals surface area (Å²) < 4.78 is 16.2. The fourth-order valence-corrected chi connectivity index (χ4v) is 0.966. The molecule has 0 atom stereocenters. The van der Waals surface area contributed by atoms with Crippen LogP contribution in [0.5, 0.6) is 0 Å². The van der Waals surface area contributed by atoms with Gasteiger partial charge in [0.1, 0.15) is 5.82 Å². The standard InChI is InChI=1S/C7H7F.C4H4O3/c1-6-2-4-7(8)5-3-6;5-3-1-2-4(6)7-3/h2-5H,1H3;1-2H2. The summed E-state index contributed by atoms with van der Waals surface area (Å²) in [6.07, 6.45) is 0.525. The first-order valence-corrected chi connectivity index (χ1v) is 4.53. The van der Waals surface area contributed by atoms with E-state index in [2.05, 4.69) is 4.74 Å². The molecule has 1 aromatic rings. The molecule has 1 aliphatic rings. The largest absolute Gasteiger partial charge is 0.393 e. The van der Waals surface area contributed by atoms with Crippen LogP contribution in [0, 0.1) is 12.7 Å². The van der Waals surface area contributed by atoms with Gasteiger partial charge in [-0.1, -0.05) is 17.7 Å². The van der Waals surface area contributed by atoms with Gasteiger partial charge in [0, 0.05) is 0 Å². The van der Waals surface area contributed by atoms with Gasteiger partial charge in [0.25, 0.3) is 0 Å². The molecule has 1 aliphatic heterocycles. The molecule has 0 aromatic heterocycles. The quantitative estimate of drug-likeness (QED) is 0.485. The zero-order chi connectivity index (χ0) is 11.3. The number of cyclic esters (lactones) is 2. The summed E-state index contributed by atoms with van der Waals surface area (Å²) >= 11 is 0. The number of hydrogen-bond donors (Lipinski definition) is 0. The zero-order valence-electron chi connectivity index (χ0n) is 8.33. The molecular formula is C11H11FO3. The molecule has 0 amide bonds. The number of benzene rings is 1. The number of rotatable bonds is 0. The molecule has 2 rings (SSSR count). The minimum absolute atomic E-state index is 0.171. The van der Waals surface area contributed by atoms with Gasteiger partial charge < -0.3 is 4.74 Å². The minimum atomic E-state index is -0.398. The normalized spacial score (nSPS) is 14.3. The second-order valence-corrected chi connectivity index (χ2v) is 3.14. The highest BCUT2D eigenvalue weighted by atomic mass is 19.1. The Bertz CT molecular complexity index is 322. The predicted octanol–water partition coefficient (Wildman–Crippen LogP) is 1.98. The molecule has 0 unspecified atom stereocenters. The zero-order valence-corrected chi connectivity index (χ0v) is 8.33. The van der Waals surface area contributed by atoms with Crippen molar-refractivity contribution in [1.82, 2.24) is 0 Å². The van der Waals surface area contributed by atoms with Crippen LogP contribution >= 0.6 is 0 Å². The van der Waals surface area contributed by atoms with Crippen LogP contribution in [0.2, 0.25) is 0 Å². The first-order valence-electron chi connectivity index (χ1n) is 4.53. The van der Waals surface area contributed by atoms with Crippen LogP contribution < -0.4 is 0 Å². The maximum Gasteiger partial charge on any atom is 0.314 e. The molecule has 15 heavy (non-hydrogen) atoms. The average molecular weight is 210 g/mol. The molecule has 80 valence electrons. The van der Waals surface area contributed by atoms with E-state index in [4.69, 9.17) is 0 Å². The van der Waals surface area contributed by atoms with Crippen LogP contribution in [-0.2, 0) is 14.3 Å². The maximum atomic E-state index is 12.1. The Hall–Kier alpha value is -1.71. The number of aryl methyl sites for hydroxylation is 1. The van der Waals surface area contributed by atoms with E-state index in [1.807, 2.05) is 6.92 Å². The predicted molar refractivity (Wildman–Crippen MR) is 51.5 cm³/mol. The summed E-state index contributed by atoms with van der Waals surface area (Å²) in [6, 6.07) is 6.40. The molecular weight excluding hydrogens is 199 g/mol. The Morgan fingerprint density at radius 2 is 1.53 bits per heavy atom. The van der Waals surface area contributed by atoms with E-state index in [-0.39, 0.29) is 18.7 Å². The Balaban J connectivity index is 0.000000151. The highest BCUT2D eigenvalue weighted by Gasteiger charge is 2.19. The molecule has 0 N–H and O–H groups in total. The second-order valence-electron chi connectivity index (χ2n) is 3.14.